The smallest absolute Gasteiger partial charge is 0.270 e. The van der Waals surface area contributed by atoms with Crippen LogP contribution in [0.3, 0.4) is 0 Å². The molecule has 0 N–H and O–H groups in total. The van der Waals surface area contributed by atoms with Gasteiger partial charge in [-0.3, -0.25) is 19.1 Å². The Bertz CT molecular complexity index is 1040. The molecule has 2 aliphatic heterocycles. The molecule has 1 aromatic rings. The SMILES string of the molecule is CCCCn1c(N2CC(C)CC(C)C2)c(/C=C2\SC(=S)N(CC)C2=O)c(C)c(C#N)c1=O. The number of aromatic nitrogens is 1. The molecular formula is C24H32N4O2S2. The van der Waals surface area contributed by atoms with Crippen LogP contribution in [-0.4, -0.2) is 39.3 Å². The van der Waals surface area contributed by atoms with Crippen LogP contribution in [0.25, 0.3) is 6.08 Å². The van der Waals surface area contributed by atoms with Crippen molar-refractivity contribution >= 4 is 46.1 Å². The van der Waals surface area contributed by atoms with E-state index in [-0.39, 0.29) is 17.0 Å². The highest BCUT2D eigenvalue weighted by Crippen LogP contribution is 2.37. The lowest BCUT2D eigenvalue weighted by Gasteiger charge is -2.39. The van der Waals surface area contributed by atoms with E-state index in [1.807, 2.05) is 19.9 Å². The maximum atomic E-state index is 13.3. The molecule has 1 aromatic heterocycles. The van der Waals surface area contributed by atoms with Gasteiger partial charge in [0.2, 0.25) is 0 Å². The number of anilines is 1. The lowest BCUT2D eigenvalue weighted by Crippen LogP contribution is -2.43. The van der Waals surface area contributed by atoms with Crippen molar-refractivity contribution in [2.24, 2.45) is 11.8 Å². The van der Waals surface area contributed by atoms with Gasteiger partial charge < -0.3 is 4.90 Å². The van der Waals surface area contributed by atoms with Crippen molar-refractivity contribution in [3.8, 4) is 6.07 Å². The summed E-state index contributed by atoms with van der Waals surface area (Å²) in [6.07, 6.45) is 4.79. The number of amides is 1. The third kappa shape index (κ3) is 4.65. The summed E-state index contributed by atoms with van der Waals surface area (Å²) in [6.45, 7) is 13.0. The average molecular weight is 473 g/mol. The molecular weight excluding hydrogens is 440 g/mol. The van der Waals surface area contributed by atoms with Crippen molar-refractivity contribution in [3.05, 3.63) is 31.9 Å². The zero-order valence-corrected chi connectivity index (χ0v) is 21.2. The maximum Gasteiger partial charge on any atom is 0.270 e. The lowest BCUT2D eigenvalue weighted by atomic mass is 9.91. The van der Waals surface area contributed by atoms with Gasteiger partial charge in [-0.25, -0.2) is 0 Å². The van der Waals surface area contributed by atoms with Gasteiger partial charge in [-0.2, -0.15) is 5.26 Å². The van der Waals surface area contributed by atoms with Crippen LogP contribution in [0.2, 0.25) is 0 Å². The molecule has 2 saturated heterocycles. The quantitative estimate of drug-likeness (QED) is 0.447. The monoisotopic (exact) mass is 472 g/mol. The van der Waals surface area contributed by atoms with Crippen LogP contribution in [0.5, 0.6) is 0 Å². The molecule has 2 fully saturated rings. The summed E-state index contributed by atoms with van der Waals surface area (Å²) < 4.78 is 2.31. The number of nitriles is 1. The number of rotatable bonds is 6. The highest BCUT2D eigenvalue weighted by Gasteiger charge is 2.33. The summed E-state index contributed by atoms with van der Waals surface area (Å²) in [6, 6.07) is 2.12. The first kappa shape index (κ1) is 24.5. The number of piperidine rings is 1. The summed E-state index contributed by atoms with van der Waals surface area (Å²) in [7, 11) is 0. The third-order valence-electron chi connectivity index (χ3n) is 6.22. The Balaban J connectivity index is 2.28. The van der Waals surface area contributed by atoms with E-state index in [1.165, 1.54) is 11.8 Å². The van der Waals surface area contributed by atoms with Gasteiger partial charge in [0.25, 0.3) is 11.5 Å². The fraction of sp³-hybridized carbons (Fsp3) is 0.583. The summed E-state index contributed by atoms with van der Waals surface area (Å²) in [5, 5.41) is 9.80. The highest BCUT2D eigenvalue weighted by molar-refractivity contribution is 8.26. The molecule has 2 atom stereocenters. The number of thioether (sulfide) groups is 1. The molecule has 0 aromatic carbocycles. The van der Waals surface area contributed by atoms with E-state index in [2.05, 4.69) is 31.7 Å². The van der Waals surface area contributed by atoms with Crippen molar-refractivity contribution < 1.29 is 4.79 Å². The first-order valence-corrected chi connectivity index (χ1v) is 12.6. The normalized spacial score (nSPS) is 22.7. The fourth-order valence-corrected chi connectivity index (χ4v) is 6.11. The summed E-state index contributed by atoms with van der Waals surface area (Å²) in [5.41, 5.74) is 1.33. The molecule has 6 nitrogen and oxygen atoms in total. The molecule has 3 rings (SSSR count). The van der Waals surface area contributed by atoms with Gasteiger partial charge in [0.1, 0.15) is 21.8 Å². The summed E-state index contributed by atoms with van der Waals surface area (Å²) in [5.74, 6) is 1.71. The zero-order chi connectivity index (χ0) is 23.6. The van der Waals surface area contributed by atoms with Crippen molar-refractivity contribution in [1.82, 2.24) is 9.47 Å². The van der Waals surface area contributed by atoms with Crippen LogP contribution < -0.4 is 10.5 Å². The van der Waals surface area contributed by atoms with Crippen molar-refractivity contribution in [2.75, 3.05) is 24.5 Å². The standard InChI is InChI=1S/C24H32N4O2S2/c1-6-8-9-28-21(26-13-15(3)10-16(4)14-26)18(17(5)19(12-25)22(28)29)11-20-23(30)27(7-2)24(31)32-20/h11,15-16H,6-10,13-14H2,1-5H3/b20-11-. The number of carbonyl (C=O) groups excluding carboxylic acids is 1. The molecule has 0 spiro atoms. The number of carbonyl (C=O) groups is 1. The zero-order valence-electron chi connectivity index (χ0n) is 19.6. The predicted molar refractivity (Wildman–Crippen MR) is 136 cm³/mol. The predicted octanol–water partition coefficient (Wildman–Crippen LogP) is 4.53. The van der Waals surface area contributed by atoms with Crippen LogP contribution in [0.4, 0.5) is 5.82 Å². The Morgan fingerprint density at radius 2 is 1.88 bits per heavy atom. The van der Waals surface area contributed by atoms with Crippen molar-refractivity contribution in [3.63, 3.8) is 0 Å². The molecule has 8 heteroatoms. The minimum Gasteiger partial charge on any atom is -0.357 e. The second kappa shape index (κ2) is 10.2. The summed E-state index contributed by atoms with van der Waals surface area (Å²) >= 11 is 6.68. The number of likely N-dealkylation sites (N-methyl/N-ethyl adjacent to an activating group) is 1. The number of nitrogens with zero attached hydrogens (tertiary/aromatic N) is 4. The number of hydrogen-bond donors (Lipinski definition) is 0. The van der Waals surface area contributed by atoms with E-state index < -0.39 is 0 Å². The van der Waals surface area contributed by atoms with E-state index in [1.54, 1.807) is 9.47 Å². The lowest BCUT2D eigenvalue weighted by molar-refractivity contribution is -0.121. The molecule has 0 radical (unpaired) electrons. The Labute approximate surface area is 200 Å². The Morgan fingerprint density at radius 1 is 1.22 bits per heavy atom. The van der Waals surface area contributed by atoms with Crippen LogP contribution >= 0.6 is 24.0 Å². The molecule has 0 bridgehead atoms. The number of unbranched alkanes of at least 4 members (excludes halogenated alkanes) is 1. The van der Waals surface area contributed by atoms with E-state index in [4.69, 9.17) is 12.2 Å². The molecule has 3 heterocycles. The largest absolute Gasteiger partial charge is 0.357 e. The second-order valence-corrected chi connectivity index (χ2v) is 10.6. The molecule has 0 saturated carbocycles. The van der Waals surface area contributed by atoms with E-state index in [0.29, 0.717) is 39.7 Å². The maximum absolute atomic E-state index is 13.3. The van der Waals surface area contributed by atoms with Crippen LogP contribution in [0, 0.1) is 30.1 Å². The van der Waals surface area contributed by atoms with E-state index in [0.717, 1.165) is 43.7 Å². The third-order valence-corrected chi connectivity index (χ3v) is 7.59. The van der Waals surface area contributed by atoms with Gasteiger partial charge >= 0.3 is 0 Å². The highest BCUT2D eigenvalue weighted by atomic mass is 32.2. The fourth-order valence-electron chi connectivity index (χ4n) is 4.75. The molecule has 2 aliphatic rings. The van der Waals surface area contributed by atoms with Gasteiger partial charge in [-0.15, -0.1) is 0 Å². The Hall–Kier alpha value is -2.11. The first-order chi connectivity index (χ1) is 15.2. The minimum atomic E-state index is -0.238. The van der Waals surface area contributed by atoms with E-state index in [9.17, 15) is 14.9 Å². The minimum absolute atomic E-state index is 0.113. The van der Waals surface area contributed by atoms with Crippen molar-refractivity contribution in [1.29, 1.82) is 5.26 Å². The van der Waals surface area contributed by atoms with Gasteiger partial charge in [-0.05, 0) is 50.2 Å². The van der Waals surface area contributed by atoms with Gasteiger partial charge in [-0.1, -0.05) is 51.2 Å². The van der Waals surface area contributed by atoms with Crippen LogP contribution in [0.15, 0.2) is 9.70 Å². The number of thiocarbonyl (C=S) groups is 1. The number of pyridine rings is 1. The molecule has 172 valence electrons. The van der Waals surface area contributed by atoms with E-state index >= 15 is 0 Å². The topological polar surface area (TPSA) is 69.3 Å². The molecule has 1 amide bonds. The summed E-state index contributed by atoms with van der Waals surface area (Å²) in [4.78, 5) is 30.7. The molecule has 0 aliphatic carbocycles. The first-order valence-electron chi connectivity index (χ1n) is 11.4. The Morgan fingerprint density at radius 3 is 2.41 bits per heavy atom. The second-order valence-electron chi connectivity index (χ2n) is 8.94. The van der Waals surface area contributed by atoms with Crippen LogP contribution in [0.1, 0.15) is 63.6 Å². The molecule has 2 unspecified atom stereocenters. The van der Waals surface area contributed by atoms with Gasteiger partial charge in [0, 0.05) is 31.7 Å². The van der Waals surface area contributed by atoms with Gasteiger partial charge in [0.05, 0.1) is 4.91 Å². The van der Waals surface area contributed by atoms with Crippen molar-refractivity contribution in [2.45, 2.75) is 60.4 Å². The molecule has 32 heavy (non-hydrogen) atoms. The van der Waals surface area contributed by atoms with Gasteiger partial charge in [0.15, 0.2) is 0 Å². The number of hydrogen-bond acceptors (Lipinski definition) is 6. The average Bonchev–Trinajstić information content (AvgIpc) is 3.00. The Kier molecular flexibility index (Phi) is 7.84. The van der Waals surface area contributed by atoms with Crippen LogP contribution in [-0.2, 0) is 11.3 Å².